The monoisotopic (exact) mass is 459 g/mol. The molecule has 7 nitrogen and oxygen atoms in total. The molecule has 1 aromatic heterocycles. The maximum absolute atomic E-state index is 5.64. The number of aromatic amines is 1. The van der Waals surface area contributed by atoms with Crippen molar-refractivity contribution >= 4 is 5.69 Å². The molecule has 0 bridgehead atoms. The summed E-state index contributed by atoms with van der Waals surface area (Å²) >= 11 is 0. The number of dihydropyridines is 1. The van der Waals surface area contributed by atoms with E-state index in [4.69, 9.17) is 9.47 Å². The molecule has 2 aromatic carbocycles. The third-order valence-electron chi connectivity index (χ3n) is 6.71. The fourth-order valence-corrected chi connectivity index (χ4v) is 4.71. The van der Waals surface area contributed by atoms with Crippen LogP contribution < -0.4 is 10.2 Å². The maximum atomic E-state index is 5.64. The molecule has 2 aliphatic heterocycles. The number of aryl methyl sites for hydroxylation is 1. The van der Waals surface area contributed by atoms with Crippen LogP contribution in [0.5, 0.6) is 0 Å². The van der Waals surface area contributed by atoms with Gasteiger partial charge in [0.2, 0.25) is 0 Å². The highest BCUT2D eigenvalue weighted by Gasteiger charge is 2.24. The lowest BCUT2D eigenvalue weighted by Gasteiger charge is -2.28. The number of anilines is 1. The number of nitrogens with zero attached hydrogens (tertiary/aromatic N) is 3. The van der Waals surface area contributed by atoms with Crippen LogP contribution in [-0.2, 0) is 29.6 Å². The van der Waals surface area contributed by atoms with E-state index in [-0.39, 0.29) is 6.23 Å². The van der Waals surface area contributed by atoms with Crippen molar-refractivity contribution in [3.63, 3.8) is 0 Å². The van der Waals surface area contributed by atoms with Gasteiger partial charge in [-0.25, -0.2) is 0 Å². The second kappa shape index (κ2) is 9.83. The summed E-state index contributed by atoms with van der Waals surface area (Å²) in [6.45, 7) is 4.48. The number of fused-ring (bicyclic) bond motifs is 1. The number of aromatic nitrogens is 2. The minimum Gasteiger partial charge on any atom is -0.482 e. The van der Waals surface area contributed by atoms with Gasteiger partial charge in [-0.05, 0) is 34.9 Å². The third kappa shape index (κ3) is 4.62. The topological polar surface area (TPSA) is 57.7 Å². The van der Waals surface area contributed by atoms with Gasteiger partial charge in [-0.3, -0.25) is 9.58 Å². The van der Waals surface area contributed by atoms with Crippen LogP contribution in [0.2, 0.25) is 0 Å². The zero-order valence-electron chi connectivity index (χ0n) is 20.1. The average Bonchev–Trinajstić information content (AvgIpc) is 3.05. The van der Waals surface area contributed by atoms with Crippen LogP contribution in [0.15, 0.2) is 78.3 Å². The molecule has 0 saturated heterocycles. The maximum Gasteiger partial charge on any atom is 0.193 e. The normalized spacial score (nSPS) is 18.6. The van der Waals surface area contributed by atoms with Crippen molar-refractivity contribution in [2.45, 2.75) is 19.3 Å². The van der Waals surface area contributed by atoms with E-state index in [1.165, 1.54) is 28.1 Å². The SMILES string of the molecule is COC1=C(CN2CCN(Cc3c[nH]n3C)c3ccc(-c4ccccc4)cc3C2)C=CC(OC)N1. The second-order valence-corrected chi connectivity index (χ2v) is 8.88. The van der Waals surface area contributed by atoms with Crippen molar-refractivity contribution in [3.8, 4) is 11.1 Å². The zero-order chi connectivity index (χ0) is 23.5. The molecular weight excluding hydrogens is 426 g/mol. The van der Waals surface area contributed by atoms with Gasteiger partial charge in [-0.15, -0.1) is 0 Å². The second-order valence-electron chi connectivity index (χ2n) is 8.88. The Kier molecular flexibility index (Phi) is 6.47. The summed E-state index contributed by atoms with van der Waals surface area (Å²) in [5.74, 6) is 0.779. The van der Waals surface area contributed by atoms with E-state index < -0.39 is 0 Å². The summed E-state index contributed by atoms with van der Waals surface area (Å²) in [6.07, 6.45) is 6.08. The van der Waals surface area contributed by atoms with Crippen LogP contribution in [0.25, 0.3) is 11.1 Å². The third-order valence-corrected chi connectivity index (χ3v) is 6.71. The first kappa shape index (κ1) is 22.4. The first-order valence-electron chi connectivity index (χ1n) is 11.7. The van der Waals surface area contributed by atoms with Crippen LogP contribution in [-0.4, -0.2) is 54.8 Å². The first-order valence-corrected chi connectivity index (χ1v) is 11.7. The Morgan fingerprint density at radius 1 is 1.00 bits per heavy atom. The number of H-pyrrole nitrogens is 1. The number of hydrogen-bond acceptors (Lipinski definition) is 5. The molecule has 5 rings (SSSR count). The van der Waals surface area contributed by atoms with Gasteiger partial charge in [0.1, 0.15) is 6.23 Å². The lowest BCUT2D eigenvalue weighted by molar-refractivity contribution is 0.0943. The van der Waals surface area contributed by atoms with Gasteiger partial charge >= 0.3 is 0 Å². The van der Waals surface area contributed by atoms with Gasteiger partial charge in [0.25, 0.3) is 0 Å². The molecule has 0 fully saturated rings. The largest absolute Gasteiger partial charge is 0.482 e. The first-order chi connectivity index (χ1) is 16.6. The number of hydrogen-bond donors (Lipinski definition) is 2. The molecule has 0 aliphatic carbocycles. The lowest BCUT2D eigenvalue weighted by Crippen LogP contribution is -2.36. The molecule has 0 radical (unpaired) electrons. The molecule has 2 N–H and O–H groups in total. The Hall–Kier alpha value is -3.42. The lowest BCUT2D eigenvalue weighted by atomic mass is 10.0. The highest BCUT2D eigenvalue weighted by Crippen LogP contribution is 2.32. The predicted molar refractivity (Wildman–Crippen MR) is 135 cm³/mol. The van der Waals surface area contributed by atoms with Crippen LogP contribution in [0.3, 0.4) is 0 Å². The van der Waals surface area contributed by atoms with Crippen molar-refractivity contribution < 1.29 is 9.47 Å². The fraction of sp³-hybridized carbons (Fsp3) is 0.333. The average molecular weight is 460 g/mol. The van der Waals surface area contributed by atoms with E-state index in [0.29, 0.717) is 0 Å². The van der Waals surface area contributed by atoms with E-state index in [0.717, 1.165) is 44.2 Å². The summed E-state index contributed by atoms with van der Waals surface area (Å²) in [7, 11) is 5.46. The Bertz CT molecular complexity index is 1180. The van der Waals surface area contributed by atoms with Crippen LogP contribution in [0.4, 0.5) is 5.69 Å². The summed E-state index contributed by atoms with van der Waals surface area (Å²) in [5.41, 5.74) is 7.57. The number of methoxy groups -OCH3 is 2. The van der Waals surface area contributed by atoms with Gasteiger partial charge < -0.3 is 24.8 Å². The molecule has 2 aliphatic rings. The number of benzene rings is 2. The molecule has 3 aromatic rings. The van der Waals surface area contributed by atoms with E-state index >= 15 is 0 Å². The Morgan fingerprint density at radius 3 is 2.56 bits per heavy atom. The quantitative estimate of drug-likeness (QED) is 0.562. The molecule has 0 amide bonds. The van der Waals surface area contributed by atoms with Crippen molar-refractivity contribution in [2.24, 2.45) is 7.05 Å². The van der Waals surface area contributed by atoms with E-state index in [9.17, 15) is 0 Å². The molecule has 34 heavy (non-hydrogen) atoms. The number of nitrogens with one attached hydrogen (secondary N) is 2. The fourth-order valence-electron chi connectivity index (χ4n) is 4.71. The van der Waals surface area contributed by atoms with Crippen LogP contribution >= 0.6 is 0 Å². The molecule has 178 valence electrons. The highest BCUT2D eigenvalue weighted by molar-refractivity contribution is 5.69. The summed E-state index contributed by atoms with van der Waals surface area (Å²) in [6, 6.07) is 17.5. The molecule has 3 heterocycles. The summed E-state index contributed by atoms with van der Waals surface area (Å²) in [5, 5.41) is 6.49. The van der Waals surface area contributed by atoms with Crippen LogP contribution in [0, 0.1) is 0 Å². The minimum absolute atomic E-state index is 0.158. The van der Waals surface area contributed by atoms with Crippen molar-refractivity contribution in [3.05, 3.63) is 89.6 Å². The number of ether oxygens (including phenoxy) is 2. The number of rotatable bonds is 7. The summed E-state index contributed by atoms with van der Waals surface area (Å²) < 4.78 is 13.1. The van der Waals surface area contributed by atoms with Gasteiger partial charge in [0, 0.05) is 57.8 Å². The molecule has 1 atom stereocenters. The Labute approximate surface area is 201 Å². The smallest absolute Gasteiger partial charge is 0.193 e. The van der Waals surface area contributed by atoms with Gasteiger partial charge in [-0.2, -0.15) is 0 Å². The molecule has 7 heteroatoms. The standard InChI is InChI=1S/C27H33N5O2/c1-30-24(16-28-30)19-32-14-13-31(17-22-10-12-26(33-2)29-27(22)34-3)18-23-15-21(9-11-25(23)32)20-7-5-4-6-8-20/h4-12,15-16,26,28-29H,13-14,17-19H2,1-3H3. The molecule has 0 spiro atoms. The van der Waals surface area contributed by atoms with E-state index in [1.807, 2.05) is 6.08 Å². The van der Waals surface area contributed by atoms with Gasteiger partial charge in [-0.1, -0.05) is 42.5 Å². The zero-order valence-corrected chi connectivity index (χ0v) is 20.1. The van der Waals surface area contributed by atoms with Crippen molar-refractivity contribution in [2.75, 3.05) is 38.8 Å². The van der Waals surface area contributed by atoms with Crippen molar-refractivity contribution in [1.29, 1.82) is 0 Å². The molecule has 0 saturated carbocycles. The Balaban J connectivity index is 1.44. The van der Waals surface area contributed by atoms with E-state index in [2.05, 4.69) is 92.7 Å². The van der Waals surface area contributed by atoms with Gasteiger partial charge in [0.05, 0.1) is 19.3 Å². The minimum atomic E-state index is -0.158. The van der Waals surface area contributed by atoms with Crippen molar-refractivity contribution in [1.82, 2.24) is 20.0 Å². The Morgan fingerprint density at radius 2 is 1.85 bits per heavy atom. The van der Waals surface area contributed by atoms with E-state index in [1.54, 1.807) is 14.2 Å². The predicted octanol–water partition coefficient (Wildman–Crippen LogP) is 3.83. The highest BCUT2D eigenvalue weighted by atomic mass is 16.5. The molecule has 1 unspecified atom stereocenters. The van der Waals surface area contributed by atoms with Crippen LogP contribution in [0.1, 0.15) is 11.3 Å². The molecular formula is C27H33N5O2. The summed E-state index contributed by atoms with van der Waals surface area (Å²) in [4.78, 5) is 4.99. The van der Waals surface area contributed by atoms with Gasteiger partial charge in [0.15, 0.2) is 5.88 Å².